The smallest absolute Gasteiger partial charge is 0.247 e. The van der Waals surface area contributed by atoms with Gasteiger partial charge in [0.05, 0.1) is 0 Å². The van der Waals surface area contributed by atoms with Gasteiger partial charge < -0.3 is 11.1 Å². The van der Waals surface area contributed by atoms with E-state index in [4.69, 9.17) is 17.3 Å². The van der Waals surface area contributed by atoms with Gasteiger partial charge in [-0.3, -0.25) is 4.79 Å². The van der Waals surface area contributed by atoms with E-state index in [0.29, 0.717) is 15.2 Å². The predicted octanol–water partition coefficient (Wildman–Crippen LogP) is 4.05. The Morgan fingerprint density at radius 1 is 1.29 bits per heavy atom. The van der Waals surface area contributed by atoms with E-state index in [1.165, 1.54) is 19.1 Å². The Balaban J connectivity index is 2.45. The van der Waals surface area contributed by atoms with Gasteiger partial charge in [-0.25, -0.2) is 4.39 Å². The van der Waals surface area contributed by atoms with E-state index in [1.807, 2.05) is 0 Å². The van der Waals surface area contributed by atoms with Crippen molar-refractivity contribution in [1.82, 2.24) is 0 Å². The lowest BCUT2D eigenvalue weighted by atomic mass is 9.90. The fraction of sp³-hybridized carbons (Fsp3) is 0.133. The van der Waals surface area contributed by atoms with Gasteiger partial charge >= 0.3 is 0 Å². The highest BCUT2D eigenvalue weighted by molar-refractivity contribution is 9.10. The molecule has 0 spiro atoms. The third-order valence-electron chi connectivity index (χ3n) is 3.20. The highest BCUT2D eigenvalue weighted by atomic mass is 79.9. The average molecular weight is 372 g/mol. The minimum Gasteiger partial charge on any atom is -0.368 e. The maximum atomic E-state index is 14.2. The van der Waals surface area contributed by atoms with Crippen LogP contribution in [0.25, 0.3) is 0 Å². The van der Waals surface area contributed by atoms with Crippen LogP contribution in [0.2, 0.25) is 5.02 Å². The maximum Gasteiger partial charge on any atom is 0.247 e. The van der Waals surface area contributed by atoms with Crippen LogP contribution >= 0.6 is 27.5 Å². The molecular weight excluding hydrogens is 359 g/mol. The number of hydrogen-bond donors (Lipinski definition) is 2. The molecule has 2 aromatic rings. The van der Waals surface area contributed by atoms with Crippen LogP contribution in [-0.2, 0) is 10.3 Å². The molecule has 110 valence electrons. The summed E-state index contributed by atoms with van der Waals surface area (Å²) in [6, 6.07) is 11.2. The number of anilines is 1. The topological polar surface area (TPSA) is 55.1 Å². The Bertz CT molecular complexity index is 678. The molecule has 0 aliphatic carbocycles. The van der Waals surface area contributed by atoms with Crippen molar-refractivity contribution >= 4 is 39.1 Å². The molecule has 21 heavy (non-hydrogen) atoms. The lowest BCUT2D eigenvalue weighted by molar-refractivity contribution is -0.122. The average Bonchev–Trinajstić information content (AvgIpc) is 2.41. The Morgan fingerprint density at radius 2 is 1.90 bits per heavy atom. The summed E-state index contributed by atoms with van der Waals surface area (Å²) in [6.45, 7) is 1.54. The van der Waals surface area contributed by atoms with Crippen molar-refractivity contribution in [3.63, 3.8) is 0 Å². The third-order valence-corrected chi connectivity index (χ3v) is 3.95. The molecular formula is C15H13BrClFN2O. The van der Waals surface area contributed by atoms with E-state index in [1.54, 1.807) is 30.3 Å². The van der Waals surface area contributed by atoms with Crippen molar-refractivity contribution < 1.29 is 9.18 Å². The minimum absolute atomic E-state index is 0.174. The van der Waals surface area contributed by atoms with Crippen molar-refractivity contribution in [3.8, 4) is 0 Å². The molecule has 0 radical (unpaired) electrons. The second kappa shape index (κ2) is 6.03. The Labute approximate surface area is 135 Å². The number of rotatable bonds is 4. The standard InChI is InChI=1S/C15H13BrClFN2O/c1-15(14(19)21,12-7-2-9(16)8-13(12)18)20-11-5-3-10(17)4-6-11/h2-8,20H,1H3,(H2,19,21). The molecule has 0 heterocycles. The second-order valence-electron chi connectivity index (χ2n) is 4.75. The summed E-state index contributed by atoms with van der Waals surface area (Å²) in [7, 11) is 0. The number of benzene rings is 2. The van der Waals surface area contributed by atoms with Gasteiger partial charge in [-0.05, 0) is 43.3 Å². The van der Waals surface area contributed by atoms with Gasteiger partial charge in [0.15, 0.2) is 0 Å². The number of hydrogen-bond acceptors (Lipinski definition) is 2. The van der Waals surface area contributed by atoms with Crippen molar-refractivity contribution in [2.75, 3.05) is 5.32 Å². The zero-order chi connectivity index (χ0) is 15.6. The summed E-state index contributed by atoms with van der Waals surface area (Å²) in [6.07, 6.45) is 0. The highest BCUT2D eigenvalue weighted by Gasteiger charge is 2.35. The summed E-state index contributed by atoms with van der Waals surface area (Å²) < 4.78 is 14.8. The molecule has 0 saturated heterocycles. The Morgan fingerprint density at radius 3 is 2.43 bits per heavy atom. The molecule has 1 atom stereocenters. The van der Waals surface area contributed by atoms with Crippen LogP contribution in [0.5, 0.6) is 0 Å². The van der Waals surface area contributed by atoms with Gasteiger partial charge in [-0.15, -0.1) is 0 Å². The van der Waals surface area contributed by atoms with Crippen LogP contribution in [0.1, 0.15) is 12.5 Å². The zero-order valence-electron chi connectivity index (χ0n) is 11.2. The lowest BCUT2D eigenvalue weighted by Crippen LogP contribution is -2.45. The molecule has 1 amide bonds. The summed E-state index contributed by atoms with van der Waals surface area (Å²) in [5.74, 6) is -1.20. The van der Waals surface area contributed by atoms with Gasteiger partial charge in [0.1, 0.15) is 11.4 Å². The van der Waals surface area contributed by atoms with E-state index in [9.17, 15) is 9.18 Å². The Kier molecular flexibility index (Phi) is 4.54. The molecule has 0 bridgehead atoms. The molecule has 0 fully saturated rings. The molecule has 0 saturated carbocycles. The number of carbonyl (C=O) groups is 1. The predicted molar refractivity (Wildman–Crippen MR) is 85.7 cm³/mol. The Hall–Kier alpha value is -1.59. The first kappa shape index (κ1) is 15.8. The fourth-order valence-corrected chi connectivity index (χ4v) is 2.44. The normalized spacial score (nSPS) is 13.5. The molecule has 6 heteroatoms. The van der Waals surface area contributed by atoms with Crippen LogP contribution in [0.4, 0.5) is 10.1 Å². The zero-order valence-corrected chi connectivity index (χ0v) is 13.5. The monoisotopic (exact) mass is 370 g/mol. The first-order valence-electron chi connectivity index (χ1n) is 6.12. The quantitative estimate of drug-likeness (QED) is 0.852. The van der Waals surface area contributed by atoms with Crippen molar-refractivity contribution in [3.05, 3.63) is 63.3 Å². The molecule has 0 aromatic heterocycles. The number of amides is 1. The fourth-order valence-electron chi connectivity index (χ4n) is 1.98. The van der Waals surface area contributed by atoms with Crippen LogP contribution < -0.4 is 11.1 Å². The summed E-state index contributed by atoms with van der Waals surface area (Å²) >= 11 is 9.00. The first-order valence-corrected chi connectivity index (χ1v) is 7.29. The van der Waals surface area contributed by atoms with Gasteiger partial charge in [0.25, 0.3) is 0 Å². The molecule has 2 rings (SSSR count). The van der Waals surface area contributed by atoms with Crippen LogP contribution in [0, 0.1) is 5.82 Å². The maximum absolute atomic E-state index is 14.2. The first-order chi connectivity index (χ1) is 9.83. The lowest BCUT2D eigenvalue weighted by Gasteiger charge is -2.29. The molecule has 0 aliphatic rings. The van der Waals surface area contributed by atoms with Gasteiger partial charge in [-0.1, -0.05) is 33.6 Å². The summed E-state index contributed by atoms with van der Waals surface area (Å²) in [4.78, 5) is 11.9. The highest BCUT2D eigenvalue weighted by Crippen LogP contribution is 2.30. The second-order valence-corrected chi connectivity index (χ2v) is 6.10. The van der Waals surface area contributed by atoms with E-state index < -0.39 is 17.3 Å². The van der Waals surface area contributed by atoms with E-state index in [-0.39, 0.29) is 5.56 Å². The van der Waals surface area contributed by atoms with Crippen LogP contribution in [0.15, 0.2) is 46.9 Å². The minimum atomic E-state index is -1.38. The third kappa shape index (κ3) is 3.36. The summed E-state index contributed by atoms with van der Waals surface area (Å²) in [5.41, 5.74) is 4.89. The van der Waals surface area contributed by atoms with E-state index in [2.05, 4.69) is 21.2 Å². The van der Waals surface area contributed by atoms with Crippen molar-refractivity contribution in [1.29, 1.82) is 0 Å². The van der Waals surface area contributed by atoms with Crippen LogP contribution in [0.3, 0.4) is 0 Å². The van der Waals surface area contributed by atoms with Gasteiger partial charge in [-0.2, -0.15) is 0 Å². The molecule has 3 nitrogen and oxygen atoms in total. The van der Waals surface area contributed by atoms with Crippen molar-refractivity contribution in [2.24, 2.45) is 5.73 Å². The number of primary amides is 1. The number of halogens is 3. The molecule has 3 N–H and O–H groups in total. The molecule has 1 unspecified atom stereocenters. The number of carbonyl (C=O) groups excluding carboxylic acids is 1. The molecule has 0 aliphatic heterocycles. The SMILES string of the molecule is CC(Nc1ccc(Cl)cc1)(C(N)=O)c1ccc(Br)cc1F. The molecule has 2 aromatic carbocycles. The van der Waals surface area contributed by atoms with Crippen LogP contribution in [-0.4, -0.2) is 5.91 Å². The number of nitrogens with two attached hydrogens (primary N) is 1. The van der Waals surface area contributed by atoms with E-state index >= 15 is 0 Å². The number of nitrogens with one attached hydrogen (secondary N) is 1. The van der Waals surface area contributed by atoms with Gasteiger partial charge in [0, 0.05) is 20.7 Å². The summed E-state index contributed by atoms with van der Waals surface area (Å²) in [5, 5.41) is 3.54. The van der Waals surface area contributed by atoms with Gasteiger partial charge in [0.2, 0.25) is 5.91 Å². The van der Waals surface area contributed by atoms with Crippen molar-refractivity contribution in [2.45, 2.75) is 12.5 Å². The van der Waals surface area contributed by atoms with E-state index in [0.717, 1.165) is 0 Å². The largest absolute Gasteiger partial charge is 0.368 e.